The summed E-state index contributed by atoms with van der Waals surface area (Å²) in [6.45, 7) is 3.53. The van der Waals surface area contributed by atoms with Crippen LogP contribution in [0, 0.1) is 0 Å². The molecule has 2 aromatic rings. The number of anilines is 1. The summed E-state index contributed by atoms with van der Waals surface area (Å²) >= 11 is 0. The maximum absolute atomic E-state index is 5.79. The van der Waals surface area contributed by atoms with E-state index < -0.39 is 0 Å². The van der Waals surface area contributed by atoms with Crippen LogP contribution in [0.25, 0.3) is 10.9 Å². The Bertz CT molecular complexity index is 509. The minimum atomic E-state index is 0.823. The summed E-state index contributed by atoms with van der Waals surface area (Å²) in [5, 5.41) is 1.31. The van der Waals surface area contributed by atoms with Crippen molar-refractivity contribution in [3.8, 4) is 0 Å². The van der Waals surface area contributed by atoms with Gasteiger partial charge < -0.3 is 10.7 Å². The molecule has 3 nitrogen and oxygen atoms in total. The quantitative estimate of drug-likeness (QED) is 0.778. The van der Waals surface area contributed by atoms with Gasteiger partial charge in [0, 0.05) is 29.3 Å². The van der Waals surface area contributed by atoms with E-state index in [2.05, 4.69) is 22.1 Å². The van der Waals surface area contributed by atoms with E-state index in [1.165, 1.54) is 43.3 Å². The summed E-state index contributed by atoms with van der Waals surface area (Å²) in [5.74, 6) is 0. The smallest absolute Gasteiger partial charge is 0.0477 e. The predicted molar refractivity (Wildman–Crippen MR) is 71.8 cm³/mol. The Morgan fingerprint density at radius 1 is 1.18 bits per heavy atom. The summed E-state index contributed by atoms with van der Waals surface area (Å²) in [7, 11) is 0. The molecular formula is C14H19N3. The molecule has 3 rings (SSSR count). The molecule has 3 N–H and O–H groups in total. The Kier molecular flexibility index (Phi) is 2.77. The molecule has 90 valence electrons. The van der Waals surface area contributed by atoms with E-state index in [4.69, 9.17) is 5.73 Å². The van der Waals surface area contributed by atoms with Gasteiger partial charge in [0.25, 0.3) is 0 Å². The first-order valence-electron chi connectivity index (χ1n) is 6.41. The highest BCUT2D eigenvalue weighted by Crippen LogP contribution is 2.23. The molecule has 1 fully saturated rings. The Morgan fingerprint density at radius 3 is 2.82 bits per heavy atom. The van der Waals surface area contributed by atoms with Crippen molar-refractivity contribution in [2.45, 2.75) is 25.8 Å². The number of nitrogens with one attached hydrogen (secondary N) is 1. The van der Waals surface area contributed by atoms with Crippen LogP contribution >= 0.6 is 0 Å². The van der Waals surface area contributed by atoms with Gasteiger partial charge in [-0.2, -0.15) is 0 Å². The first-order valence-corrected chi connectivity index (χ1v) is 6.41. The number of hydrogen-bond donors (Lipinski definition) is 2. The summed E-state index contributed by atoms with van der Waals surface area (Å²) < 4.78 is 0. The third kappa shape index (κ3) is 2.15. The average Bonchev–Trinajstić information content (AvgIpc) is 2.73. The number of piperidine rings is 1. The van der Waals surface area contributed by atoms with Crippen molar-refractivity contribution in [1.29, 1.82) is 0 Å². The average molecular weight is 229 g/mol. The lowest BCUT2D eigenvalue weighted by atomic mass is 10.1. The highest BCUT2D eigenvalue weighted by molar-refractivity contribution is 5.85. The maximum Gasteiger partial charge on any atom is 0.0477 e. The first kappa shape index (κ1) is 10.7. The van der Waals surface area contributed by atoms with Gasteiger partial charge in [0.1, 0.15) is 0 Å². The van der Waals surface area contributed by atoms with Crippen LogP contribution in [0.5, 0.6) is 0 Å². The fraction of sp³-hybridized carbons (Fsp3) is 0.429. The van der Waals surface area contributed by atoms with Crippen LogP contribution in [-0.4, -0.2) is 23.0 Å². The molecule has 0 aliphatic carbocycles. The van der Waals surface area contributed by atoms with Gasteiger partial charge in [0.15, 0.2) is 0 Å². The third-order valence-electron chi connectivity index (χ3n) is 3.63. The lowest BCUT2D eigenvalue weighted by Gasteiger charge is -2.26. The monoisotopic (exact) mass is 229 g/mol. The zero-order valence-electron chi connectivity index (χ0n) is 10.1. The van der Waals surface area contributed by atoms with Crippen LogP contribution in [0.3, 0.4) is 0 Å². The second-order valence-corrected chi connectivity index (χ2v) is 4.96. The second kappa shape index (κ2) is 4.41. The molecule has 0 saturated carbocycles. The van der Waals surface area contributed by atoms with Crippen LogP contribution in [0.2, 0.25) is 0 Å². The molecule has 0 amide bonds. The SMILES string of the molecule is Nc1ccc2c(CN3CCCCC3)c[nH]c2c1. The number of benzene rings is 1. The Morgan fingerprint density at radius 2 is 2.00 bits per heavy atom. The second-order valence-electron chi connectivity index (χ2n) is 4.96. The molecule has 1 aromatic carbocycles. The number of fused-ring (bicyclic) bond motifs is 1. The van der Waals surface area contributed by atoms with Gasteiger partial charge in [0.05, 0.1) is 0 Å². The molecule has 1 aliphatic rings. The fourth-order valence-corrected chi connectivity index (χ4v) is 2.69. The van der Waals surface area contributed by atoms with Gasteiger partial charge in [-0.1, -0.05) is 12.5 Å². The number of hydrogen-bond acceptors (Lipinski definition) is 2. The summed E-state index contributed by atoms with van der Waals surface area (Å²) in [5.41, 5.74) is 9.15. The molecule has 17 heavy (non-hydrogen) atoms. The van der Waals surface area contributed by atoms with Crippen molar-refractivity contribution in [3.05, 3.63) is 30.0 Å². The highest BCUT2D eigenvalue weighted by Gasteiger charge is 2.12. The Balaban J connectivity index is 1.84. The van der Waals surface area contributed by atoms with Gasteiger partial charge in [-0.05, 0) is 43.6 Å². The van der Waals surface area contributed by atoms with Crippen LogP contribution in [0.15, 0.2) is 24.4 Å². The number of nitrogens with zero attached hydrogens (tertiary/aromatic N) is 1. The molecule has 0 atom stereocenters. The van der Waals surface area contributed by atoms with E-state index in [0.29, 0.717) is 0 Å². The normalized spacial score (nSPS) is 17.6. The molecule has 0 unspecified atom stereocenters. The third-order valence-corrected chi connectivity index (χ3v) is 3.63. The molecule has 1 aromatic heterocycles. The van der Waals surface area contributed by atoms with Gasteiger partial charge in [-0.25, -0.2) is 0 Å². The van der Waals surface area contributed by atoms with Gasteiger partial charge in [-0.3, -0.25) is 4.90 Å². The van der Waals surface area contributed by atoms with Crippen molar-refractivity contribution >= 4 is 16.6 Å². The van der Waals surface area contributed by atoms with Gasteiger partial charge in [-0.15, -0.1) is 0 Å². The topological polar surface area (TPSA) is 45.0 Å². The van der Waals surface area contributed by atoms with Crippen molar-refractivity contribution in [2.24, 2.45) is 0 Å². The first-order chi connectivity index (χ1) is 8.33. The van der Waals surface area contributed by atoms with E-state index in [-0.39, 0.29) is 0 Å². The number of nitrogen functional groups attached to an aromatic ring is 1. The number of likely N-dealkylation sites (tertiary alicyclic amines) is 1. The summed E-state index contributed by atoms with van der Waals surface area (Å²) in [6.07, 6.45) is 6.20. The van der Waals surface area contributed by atoms with Crippen LogP contribution in [-0.2, 0) is 6.54 Å². The summed E-state index contributed by atoms with van der Waals surface area (Å²) in [4.78, 5) is 5.86. The minimum Gasteiger partial charge on any atom is -0.399 e. The lowest BCUT2D eigenvalue weighted by Crippen LogP contribution is -2.28. The largest absolute Gasteiger partial charge is 0.399 e. The van der Waals surface area contributed by atoms with Crippen LogP contribution < -0.4 is 5.73 Å². The Hall–Kier alpha value is -1.48. The van der Waals surface area contributed by atoms with Crippen LogP contribution in [0.4, 0.5) is 5.69 Å². The standard InChI is InChI=1S/C14H19N3/c15-12-4-5-13-11(9-16-14(13)8-12)10-17-6-2-1-3-7-17/h4-5,8-9,16H,1-3,6-7,10,15H2. The Labute approximate surface area is 102 Å². The van der Waals surface area contributed by atoms with Gasteiger partial charge in [0.2, 0.25) is 0 Å². The van der Waals surface area contributed by atoms with E-state index in [1.54, 1.807) is 0 Å². The highest BCUT2D eigenvalue weighted by atomic mass is 15.1. The number of H-pyrrole nitrogens is 1. The zero-order valence-corrected chi connectivity index (χ0v) is 10.1. The zero-order chi connectivity index (χ0) is 11.7. The number of aromatic amines is 1. The maximum atomic E-state index is 5.79. The molecule has 1 saturated heterocycles. The molecule has 1 aliphatic heterocycles. The fourth-order valence-electron chi connectivity index (χ4n) is 2.69. The molecule has 0 spiro atoms. The summed E-state index contributed by atoms with van der Waals surface area (Å²) in [6, 6.07) is 6.12. The lowest BCUT2D eigenvalue weighted by molar-refractivity contribution is 0.221. The number of aromatic nitrogens is 1. The van der Waals surface area contributed by atoms with E-state index in [9.17, 15) is 0 Å². The van der Waals surface area contributed by atoms with E-state index in [0.717, 1.165) is 17.7 Å². The van der Waals surface area contributed by atoms with E-state index >= 15 is 0 Å². The molecule has 0 bridgehead atoms. The molecule has 2 heterocycles. The molecular weight excluding hydrogens is 210 g/mol. The van der Waals surface area contributed by atoms with Crippen LogP contribution in [0.1, 0.15) is 24.8 Å². The number of rotatable bonds is 2. The van der Waals surface area contributed by atoms with Crippen molar-refractivity contribution < 1.29 is 0 Å². The van der Waals surface area contributed by atoms with E-state index in [1.807, 2.05) is 12.1 Å². The molecule has 3 heteroatoms. The predicted octanol–water partition coefficient (Wildman–Crippen LogP) is 2.74. The minimum absolute atomic E-state index is 0.823. The van der Waals surface area contributed by atoms with Crippen molar-refractivity contribution in [2.75, 3.05) is 18.8 Å². The number of nitrogens with two attached hydrogens (primary N) is 1. The van der Waals surface area contributed by atoms with Crippen molar-refractivity contribution in [3.63, 3.8) is 0 Å². The van der Waals surface area contributed by atoms with Gasteiger partial charge >= 0.3 is 0 Å². The molecule has 0 radical (unpaired) electrons. The van der Waals surface area contributed by atoms with Crippen molar-refractivity contribution in [1.82, 2.24) is 9.88 Å².